The predicted octanol–water partition coefficient (Wildman–Crippen LogP) is 6.18. The molecule has 1 fully saturated rings. The third-order valence-electron chi connectivity index (χ3n) is 6.05. The normalized spacial score (nSPS) is 14.3. The number of amides is 1. The van der Waals surface area contributed by atoms with Gasteiger partial charge >= 0.3 is 5.97 Å². The van der Waals surface area contributed by atoms with Crippen LogP contribution in [-0.2, 0) is 16.2 Å². The molecule has 1 N–H and O–H groups in total. The monoisotopic (exact) mass is 555 g/mol. The summed E-state index contributed by atoms with van der Waals surface area (Å²) in [6, 6.07) is 27.4. The second kappa shape index (κ2) is 12.1. The van der Waals surface area contributed by atoms with Crippen molar-refractivity contribution in [2.24, 2.45) is 0 Å². The lowest BCUT2D eigenvalue weighted by molar-refractivity contribution is -0.137. The number of carbonyl (C=O) groups is 2. The highest BCUT2D eigenvalue weighted by Gasteiger charge is 2.32. The molecule has 1 aromatic heterocycles. The van der Waals surface area contributed by atoms with E-state index in [-0.39, 0.29) is 18.9 Å². The molecule has 5 rings (SSSR count). The Bertz CT molecular complexity index is 1530. The van der Waals surface area contributed by atoms with Gasteiger partial charge in [-0.1, -0.05) is 84.6 Å². The number of carboxylic acid groups (broad SMARTS) is 1. The Morgan fingerprint density at radius 1 is 1.03 bits per heavy atom. The van der Waals surface area contributed by atoms with Gasteiger partial charge in [0.05, 0.1) is 10.6 Å². The van der Waals surface area contributed by atoms with E-state index in [4.69, 9.17) is 27.2 Å². The van der Waals surface area contributed by atoms with Crippen LogP contribution in [0.2, 0.25) is 0 Å². The molecule has 3 aromatic carbocycles. The van der Waals surface area contributed by atoms with E-state index in [1.165, 1.54) is 16.7 Å². The van der Waals surface area contributed by atoms with E-state index in [1.54, 1.807) is 10.8 Å². The van der Waals surface area contributed by atoms with Crippen molar-refractivity contribution >= 4 is 46.3 Å². The maximum atomic E-state index is 13.1. The topological polar surface area (TPSA) is 84.7 Å². The van der Waals surface area contributed by atoms with Crippen molar-refractivity contribution in [2.45, 2.75) is 19.4 Å². The zero-order chi connectivity index (χ0) is 27.2. The molecule has 0 unspecified atom stereocenters. The number of aromatic nitrogens is 2. The van der Waals surface area contributed by atoms with Gasteiger partial charge in [0.25, 0.3) is 5.91 Å². The summed E-state index contributed by atoms with van der Waals surface area (Å²) in [5, 5.41) is 13.8. The molecule has 4 aromatic rings. The quantitative estimate of drug-likeness (QED) is 0.185. The molecule has 196 valence electrons. The lowest BCUT2D eigenvalue weighted by atomic mass is 10.1. The van der Waals surface area contributed by atoms with Crippen LogP contribution in [0.3, 0.4) is 0 Å². The first-order chi connectivity index (χ1) is 19.0. The average Bonchev–Trinajstić information content (AvgIpc) is 3.49. The average molecular weight is 556 g/mol. The molecule has 1 saturated heterocycles. The van der Waals surface area contributed by atoms with Gasteiger partial charge in [0.1, 0.15) is 22.4 Å². The molecule has 1 amide bonds. The Hall–Kier alpha value is -4.21. The molecule has 0 radical (unpaired) electrons. The Balaban J connectivity index is 1.46. The van der Waals surface area contributed by atoms with Crippen molar-refractivity contribution in [2.75, 3.05) is 6.54 Å². The number of rotatable bonds is 10. The fourth-order valence-corrected chi connectivity index (χ4v) is 5.43. The van der Waals surface area contributed by atoms with Crippen molar-refractivity contribution in [3.63, 3.8) is 0 Å². The van der Waals surface area contributed by atoms with Crippen LogP contribution in [0.4, 0.5) is 0 Å². The van der Waals surface area contributed by atoms with E-state index in [0.29, 0.717) is 33.7 Å². The first-order valence-electron chi connectivity index (χ1n) is 12.4. The number of nitrogens with zero attached hydrogens (tertiary/aromatic N) is 3. The second-order valence-corrected chi connectivity index (χ2v) is 10.5. The molecular formula is C30H25N3O4S2. The molecule has 2 heterocycles. The van der Waals surface area contributed by atoms with Gasteiger partial charge in [0.2, 0.25) is 0 Å². The highest BCUT2D eigenvalue weighted by molar-refractivity contribution is 8.26. The Labute approximate surface area is 235 Å². The molecule has 39 heavy (non-hydrogen) atoms. The van der Waals surface area contributed by atoms with E-state index in [1.807, 2.05) is 91.1 Å². The Morgan fingerprint density at radius 3 is 2.51 bits per heavy atom. The molecule has 0 aliphatic carbocycles. The van der Waals surface area contributed by atoms with Crippen molar-refractivity contribution in [1.29, 1.82) is 0 Å². The molecule has 0 spiro atoms. The van der Waals surface area contributed by atoms with Crippen molar-refractivity contribution in [3.8, 4) is 22.7 Å². The molecule has 0 saturated carbocycles. The first-order valence-corrected chi connectivity index (χ1v) is 13.6. The summed E-state index contributed by atoms with van der Waals surface area (Å²) in [5.41, 5.74) is 4.25. The number of carboxylic acids is 1. The van der Waals surface area contributed by atoms with Gasteiger partial charge in [0.15, 0.2) is 0 Å². The van der Waals surface area contributed by atoms with Crippen LogP contribution in [0, 0.1) is 0 Å². The van der Waals surface area contributed by atoms with Crippen molar-refractivity contribution in [3.05, 3.63) is 107 Å². The summed E-state index contributed by atoms with van der Waals surface area (Å²) in [6.45, 7) is 0.713. The fraction of sp³-hybridized carbons (Fsp3) is 0.133. The van der Waals surface area contributed by atoms with Crippen LogP contribution in [0.15, 0.2) is 96.0 Å². The van der Waals surface area contributed by atoms with Crippen molar-refractivity contribution < 1.29 is 19.4 Å². The van der Waals surface area contributed by atoms with Gasteiger partial charge in [-0.15, -0.1) is 0 Å². The SMILES string of the molecule is O=C(O)CCCN1C(=O)/C(=C/c2cn(-c3ccccc3)nc2-c2cccc(OCc3ccccc3)c2)SC1=S. The number of thioether (sulfide) groups is 1. The lowest BCUT2D eigenvalue weighted by Gasteiger charge is -2.13. The number of benzene rings is 3. The second-order valence-electron chi connectivity index (χ2n) is 8.85. The van der Waals surface area contributed by atoms with Crippen LogP contribution in [0.25, 0.3) is 23.0 Å². The van der Waals surface area contributed by atoms with E-state index in [9.17, 15) is 9.59 Å². The molecule has 0 atom stereocenters. The zero-order valence-corrected chi connectivity index (χ0v) is 22.5. The number of hydrogen-bond acceptors (Lipinski definition) is 6. The summed E-state index contributed by atoms with van der Waals surface area (Å²) in [7, 11) is 0. The Kier molecular flexibility index (Phi) is 8.19. The lowest BCUT2D eigenvalue weighted by Crippen LogP contribution is -2.29. The smallest absolute Gasteiger partial charge is 0.303 e. The summed E-state index contributed by atoms with van der Waals surface area (Å²) >= 11 is 6.64. The minimum atomic E-state index is -0.899. The van der Waals surface area contributed by atoms with E-state index in [0.717, 1.165) is 22.4 Å². The maximum Gasteiger partial charge on any atom is 0.303 e. The zero-order valence-electron chi connectivity index (χ0n) is 20.9. The third kappa shape index (κ3) is 6.45. The summed E-state index contributed by atoms with van der Waals surface area (Å²) in [4.78, 5) is 26.0. The number of ether oxygens (including phenoxy) is 1. The Morgan fingerprint density at radius 2 is 1.77 bits per heavy atom. The number of aliphatic carboxylic acids is 1. The summed E-state index contributed by atoms with van der Waals surface area (Å²) in [6.07, 6.45) is 4.00. The number of para-hydroxylation sites is 1. The highest BCUT2D eigenvalue weighted by atomic mass is 32.2. The summed E-state index contributed by atoms with van der Waals surface area (Å²) in [5.74, 6) is -0.418. The first kappa shape index (κ1) is 26.4. The third-order valence-corrected chi connectivity index (χ3v) is 7.43. The molecule has 1 aliphatic rings. The van der Waals surface area contributed by atoms with E-state index < -0.39 is 5.97 Å². The van der Waals surface area contributed by atoms with Crippen LogP contribution in [-0.4, -0.2) is 42.5 Å². The highest BCUT2D eigenvalue weighted by Crippen LogP contribution is 2.35. The minimum absolute atomic E-state index is 0.0210. The summed E-state index contributed by atoms with van der Waals surface area (Å²) < 4.78 is 8.25. The van der Waals surface area contributed by atoms with E-state index >= 15 is 0 Å². The number of thiocarbonyl (C=S) groups is 1. The largest absolute Gasteiger partial charge is 0.489 e. The van der Waals surface area contributed by atoms with E-state index in [2.05, 4.69) is 0 Å². The molecule has 7 nitrogen and oxygen atoms in total. The maximum absolute atomic E-state index is 13.1. The standard InChI is InChI=1S/C30H25N3O4S2/c34-27(35)15-8-16-32-29(36)26(39-30(32)38)18-23-19-33(24-12-5-2-6-13-24)31-28(23)22-11-7-14-25(17-22)37-20-21-9-3-1-4-10-21/h1-7,9-14,17-19H,8,15-16,20H2,(H,34,35)/b26-18-. The predicted molar refractivity (Wildman–Crippen MR) is 157 cm³/mol. The molecular weight excluding hydrogens is 530 g/mol. The van der Waals surface area contributed by atoms with Gasteiger partial charge in [-0.2, -0.15) is 5.10 Å². The van der Waals surface area contributed by atoms with Gasteiger partial charge in [-0.05, 0) is 42.3 Å². The molecule has 9 heteroatoms. The molecule has 1 aliphatic heterocycles. The van der Waals surface area contributed by atoms with Gasteiger partial charge in [0, 0.05) is 30.3 Å². The van der Waals surface area contributed by atoms with Crippen LogP contribution in [0.5, 0.6) is 5.75 Å². The number of hydrogen-bond donors (Lipinski definition) is 1. The minimum Gasteiger partial charge on any atom is -0.489 e. The van der Waals surface area contributed by atoms with Gasteiger partial charge in [-0.3, -0.25) is 14.5 Å². The van der Waals surface area contributed by atoms with Crippen LogP contribution >= 0.6 is 24.0 Å². The van der Waals surface area contributed by atoms with Crippen molar-refractivity contribution in [1.82, 2.24) is 14.7 Å². The van der Waals surface area contributed by atoms with Gasteiger partial charge < -0.3 is 9.84 Å². The van der Waals surface area contributed by atoms with Crippen LogP contribution < -0.4 is 4.74 Å². The fourth-order valence-electron chi connectivity index (χ4n) is 4.13. The van der Waals surface area contributed by atoms with Crippen LogP contribution in [0.1, 0.15) is 24.0 Å². The van der Waals surface area contributed by atoms with Gasteiger partial charge in [-0.25, -0.2) is 4.68 Å². The number of carbonyl (C=O) groups excluding carboxylic acids is 1. The molecule has 0 bridgehead atoms.